The molecule has 0 heterocycles. The van der Waals surface area contributed by atoms with E-state index in [2.05, 4.69) is 4.74 Å². The third kappa shape index (κ3) is 2.76. The number of benzene rings is 1. The van der Waals surface area contributed by atoms with Crippen molar-refractivity contribution >= 4 is 5.97 Å². The fraction of sp³-hybridized carbons (Fsp3) is 0.125. The molecule has 4 nitrogen and oxygen atoms in total. The number of carbonyl (C=O) groups is 1. The summed E-state index contributed by atoms with van der Waals surface area (Å²) in [6.45, 7) is 0. The van der Waals surface area contributed by atoms with Gasteiger partial charge >= 0.3 is 12.3 Å². The van der Waals surface area contributed by atoms with E-state index in [1.807, 2.05) is 0 Å². The molecule has 0 saturated heterocycles. The van der Waals surface area contributed by atoms with Gasteiger partial charge in [-0.2, -0.15) is 0 Å². The van der Waals surface area contributed by atoms with Gasteiger partial charge in [0.1, 0.15) is 11.3 Å². The van der Waals surface area contributed by atoms with Crippen LogP contribution in [0.1, 0.15) is 10.4 Å². The van der Waals surface area contributed by atoms with E-state index in [0.29, 0.717) is 0 Å². The number of hydrogen-bond acceptors (Lipinski definition) is 3. The van der Waals surface area contributed by atoms with Gasteiger partial charge in [0.25, 0.3) is 0 Å². The van der Waals surface area contributed by atoms with Gasteiger partial charge in [0.05, 0.1) is 0 Å². The van der Waals surface area contributed by atoms with E-state index < -0.39 is 29.4 Å². The van der Waals surface area contributed by atoms with Gasteiger partial charge in [-0.15, -0.1) is 13.2 Å². The summed E-state index contributed by atoms with van der Waals surface area (Å²) in [6.07, 6.45) is -5.09. The Morgan fingerprint density at radius 3 is 2.47 bits per heavy atom. The molecule has 1 N–H and O–H groups in total. The number of hydrogen-bond donors (Lipinski definition) is 1. The van der Waals surface area contributed by atoms with E-state index in [9.17, 15) is 23.1 Å². The quantitative estimate of drug-likeness (QED) is 0.818. The lowest BCUT2D eigenvalue weighted by atomic mass is 10.2. The van der Waals surface area contributed by atoms with Gasteiger partial charge in [-0.3, -0.25) is 0 Å². The van der Waals surface area contributed by atoms with Gasteiger partial charge < -0.3 is 14.9 Å². The lowest BCUT2D eigenvalue weighted by molar-refractivity contribution is -0.296. The molecule has 15 heavy (non-hydrogen) atoms. The molecular weight excluding hydrogens is 217 g/mol. The third-order valence-corrected chi connectivity index (χ3v) is 1.43. The van der Waals surface area contributed by atoms with Crippen LogP contribution in [0.3, 0.4) is 0 Å². The van der Waals surface area contributed by atoms with Crippen molar-refractivity contribution in [3.8, 4) is 11.5 Å². The summed E-state index contributed by atoms with van der Waals surface area (Å²) in [5, 5.41) is 19.4. The summed E-state index contributed by atoms with van der Waals surface area (Å²) in [6, 6.07) is 2.67. The number of para-hydroxylation sites is 1. The molecule has 0 unspecified atom stereocenters. The van der Waals surface area contributed by atoms with E-state index in [-0.39, 0.29) is 0 Å². The Morgan fingerprint density at radius 2 is 2.00 bits per heavy atom. The molecule has 0 bridgehead atoms. The van der Waals surface area contributed by atoms with Crippen molar-refractivity contribution in [3.63, 3.8) is 0 Å². The fourth-order valence-electron chi connectivity index (χ4n) is 0.905. The van der Waals surface area contributed by atoms with E-state index in [0.717, 1.165) is 18.2 Å². The minimum absolute atomic E-state index is 0.785. The summed E-state index contributed by atoms with van der Waals surface area (Å²) in [4.78, 5) is 10.5. The number of halogens is 3. The average molecular weight is 221 g/mol. The van der Waals surface area contributed by atoms with Gasteiger partial charge in [0, 0.05) is 0 Å². The van der Waals surface area contributed by atoms with Crippen molar-refractivity contribution in [1.29, 1.82) is 0 Å². The van der Waals surface area contributed by atoms with Crippen LogP contribution in [-0.4, -0.2) is 17.4 Å². The topological polar surface area (TPSA) is 69.6 Å². The Labute approximate surface area is 81.5 Å². The van der Waals surface area contributed by atoms with E-state index in [1.54, 1.807) is 0 Å². The molecule has 0 aliphatic carbocycles. The van der Waals surface area contributed by atoms with Crippen LogP contribution in [0.2, 0.25) is 0 Å². The summed E-state index contributed by atoms with van der Waals surface area (Å²) < 4.78 is 38.8. The molecular formula is C8H4F3O4-. The highest BCUT2D eigenvalue weighted by Gasteiger charge is 2.33. The Balaban J connectivity index is 3.19. The van der Waals surface area contributed by atoms with Crippen molar-refractivity contribution in [3.05, 3.63) is 23.8 Å². The predicted molar refractivity (Wildman–Crippen MR) is 39.5 cm³/mol. The molecule has 0 amide bonds. The molecule has 82 valence electrons. The van der Waals surface area contributed by atoms with E-state index in [1.165, 1.54) is 0 Å². The molecule has 0 aromatic heterocycles. The first-order chi connectivity index (χ1) is 6.81. The summed E-state index contributed by atoms with van der Waals surface area (Å²) in [5.74, 6) is -4.02. The fourth-order valence-corrected chi connectivity index (χ4v) is 0.905. The second-order valence-electron chi connectivity index (χ2n) is 2.49. The van der Waals surface area contributed by atoms with Gasteiger partial charge in [-0.25, -0.2) is 4.79 Å². The predicted octanol–water partition coefficient (Wildman–Crippen LogP) is 1.36. The highest BCUT2D eigenvalue weighted by atomic mass is 19.4. The zero-order valence-corrected chi connectivity index (χ0v) is 7.04. The van der Waals surface area contributed by atoms with E-state index in [4.69, 9.17) is 5.11 Å². The van der Waals surface area contributed by atoms with Crippen LogP contribution in [0.4, 0.5) is 13.2 Å². The second-order valence-corrected chi connectivity index (χ2v) is 2.49. The van der Waals surface area contributed by atoms with Crippen LogP contribution >= 0.6 is 0 Å². The largest absolute Gasteiger partial charge is 0.870 e. The number of rotatable bonds is 2. The van der Waals surface area contributed by atoms with Gasteiger partial charge in [-0.05, 0) is 6.07 Å². The minimum atomic E-state index is -5.09. The number of carboxylic acids is 1. The van der Waals surface area contributed by atoms with Crippen LogP contribution < -0.4 is 9.84 Å². The Morgan fingerprint density at radius 1 is 1.40 bits per heavy atom. The van der Waals surface area contributed by atoms with Crippen molar-refractivity contribution < 1.29 is 32.9 Å². The van der Waals surface area contributed by atoms with Crippen LogP contribution in [0, 0.1) is 0 Å². The van der Waals surface area contributed by atoms with Crippen LogP contribution in [0.25, 0.3) is 0 Å². The zero-order valence-electron chi connectivity index (χ0n) is 7.04. The molecule has 0 spiro atoms. The normalized spacial score (nSPS) is 11.1. The minimum Gasteiger partial charge on any atom is -0.870 e. The maximum Gasteiger partial charge on any atom is 0.573 e. The summed E-state index contributed by atoms with van der Waals surface area (Å²) >= 11 is 0. The number of carboxylic acid groups (broad SMARTS) is 1. The van der Waals surface area contributed by atoms with Crippen molar-refractivity contribution in [2.24, 2.45) is 0 Å². The van der Waals surface area contributed by atoms with E-state index >= 15 is 0 Å². The Hall–Kier alpha value is -1.92. The molecule has 0 saturated carbocycles. The van der Waals surface area contributed by atoms with Crippen molar-refractivity contribution in [2.75, 3.05) is 0 Å². The molecule has 0 radical (unpaired) electrons. The lowest BCUT2D eigenvalue weighted by Gasteiger charge is -2.17. The summed E-state index contributed by atoms with van der Waals surface area (Å²) in [7, 11) is 0. The molecule has 7 heteroatoms. The SMILES string of the molecule is O=C(O)c1cccc([O-])c1OC(F)(F)F. The Bertz CT molecular complexity index is 386. The standard InChI is InChI=1S/C8H5F3O4/c9-8(10,11)15-6-4(7(13)14)2-1-3-5(6)12/h1-3,12H,(H,13,14)/p-1. The van der Waals surface area contributed by atoms with Gasteiger partial charge in [-0.1, -0.05) is 17.9 Å². The highest BCUT2D eigenvalue weighted by Crippen LogP contribution is 2.32. The first-order valence-corrected chi connectivity index (χ1v) is 3.60. The number of aromatic carboxylic acids is 1. The second kappa shape index (κ2) is 3.68. The monoisotopic (exact) mass is 221 g/mol. The first kappa shape index (κ1) is 11.2. The van der Waals surface area contributed by atoms with Crippen molar-refractivity contribution in [1.82, 2.24) is 0 Å². The molecule has 0 atom stereocenters. The highest BCUT2D eigenvalue weighted by molar-refractivity contribution is 5.91. The van der Waals surface area contributed by atoms with Gasteiger partial charge in [0.15, 0.2) is 0 Å². The molecule has 1 aromatic rings. The first-order valence-electron chi connectivity index (χ1n) is 3.60. The third-order valence-electron chi connectivity index (χ3n) is 1.43. The number of alkyl halides is 3. The van der Waals surface area contributed by atoms with Gasteiger partial charge in [0.2, 0.25) is 0 Å². The summed E-state index contributed by atoms with van der Waals surface area (Å²) in [5.41, 5.74) is -0.820. The smallest absolute Gasteiger partial charge is 0.573 e. The van der Waals surface area contributed by atoms with Crippen LogP contribution in [-0.2, 0) is 0 Å². The van der Waals surface area contributed by atoms with Crippen molar-refractivity contribution in [2.45, 2.75) is 6.36 Å². The lowest BCUT2D eigenvalue weighted by Crippen LogP contribution is -2.20. The zero-order chi connectivity index (χ0) is 11.6. The molecule has 0 fully saturated rings. The molecule has 0 aliphatic heterocycles. The Kier molecular flexibility index (Phi) is 2.74. The molecule has 1 rings (SSSR count). The average Bonchev–Trinajstić information content (AvgIpc) is 2.05. The maximum atomic E-state index is 11.8. The van der Waals surface area contributed by atoms with Crippen LogP contribution in [0.15, 0.2) is 18.2 Å². The maximum absolute atomic E-state index is 11.8. The van der Waals surface area contributed by atoms with Crippen LogP contribution in [0.5, 0.6) is 11.5 Å². The molecule has 1 aromatic carbocycles. The number of ether oxygens (including phenoxy) is 1. The molecule has 0 aliphatic rings.